The van der Waals surface area contributed by atoms with Crippen LogP contribution in [-0.2, 0) is 0 Å². The van der Waals surface area contributed by atoms with Gasteiger partial charge in [0.15, 0.2) is 0 Å². The molecule has 0 N–H and O–H groups in total. The third kappa shape index (κ3) is 2.94. The molecule has 0 atom stereocenters. The Bertz CT molecular complexity index is 896. The van der Waals surface area contributed by atoms with Crippen LogP contribution in [0, 0.1) is 0 Å². The predicted molar refractivity (Wildman–Crippen MR) is 90.5 cm³/mol. The van der Waals surface area contributed by atoms with E-state index in [1.54, 1.807) is 12.4 Å². The summed E-state index contributed by atoms with van der Waals surface area (Å²) in [4.78, 5) is 8.55. The smallest absolute Gasteiger partial charge is 0.526 e. The number of hydrogen-bond acceptors (Lipinski definition) is 4. The lowest BCUT2D eigenvalue weighted by atomic mass is 10.2. The Balaban J connectivity index is 1.45. The molecule has 5 heteroatoms. The first kappa shape index (κ1) is 13.6. The van der Waals surface area contributed by atoms with Gasteiger partial charge in [0, 0.05) is 23.2 Å². The van der Waals surface area contributed by atoms with E-state index in [0.29, 0.717) is 11.5 Å². The number of hydrogen-bond donors (Lipinski definition) is 0. The van der Waals surface area contributed by atoms with Crippen molar-refractivity contribution >= 4 is 29.5 Å². The van der Waals surface area contributed by atoms with Gasteiger partial charge in [-0.3, -0.25) is 9.97 Å². The SMILES string of the molecule is [B](Oc1ccc2ncccc2c1)Oc1ccc2ncccc2c1. The van der Waals surface area contributed by atoms with Gasteiger partial charge in [0.2, 0.25) is 0 Å². The zero-order valence-corrected chi connectivity index (χ0v) is 12.2. The molecule has 4 nitrogen and oxygen atoms in total. The molecule has 2 aromatic heterocycles. The summed E-state index contributed by atoms with van der Waals surface area (Å²) < 4.78 is 11.1. The number of rotatable bonds is 4. The Morgan fingerprint density at radius 1 is 0.652 bits per heavy atom. The van der Waals surface area contributed by atoms with Gasteiger partial charge in [-0.1, -0.05) is 12.1 Å². The van der Waals surface area contributed by atoms with Crippen LogP contribution >= 0.6 is 0 Å². The van der Waals surface area contributed by atoms with Gasteiger partial charge in [0.1, 0.15) is 11.5 Å². The molecule has 0 fully saturated rings. The van der Waals surface area contributed by atoms with Crippen molar-refractivity contribution < 1.29 is 9.31 Å². The lowest BCUT2D eigenvalue weighted by Gasteiger charge is -2.08. The first-order valence-electron chi connectivity index (χ1n) is 7.23. The lowest BCUT2D eigenvalue weighted by molar-refractivity contribution is 0.460. The van der Waals surface area contributed by atoms with Crippen molar-refractivity contribution in [2.24, 2.45) is 0 Å². The first-order valence-corrected chi connectivity index (χ1v) is 7.23. The monoisotopic (exact) mass is 299 g/mol. The molecule has 0 aliphatic rings. The molecule has 0 bridgehead atoms. The fourth-order valence-electron chi connectivity index (χ4n) is 2.39. The van der Waals surface area contributed by atoms with Crippen molar-refractivity contribution in [3.05, 3.63) is 73.1 Å². The predicted octanol–water partition coefficient (Wildman–Crippen LogP) is 3.78. The van der Waals surface area contributed by atoms with E-state index >= 15 is 0 Å². The highest BCUT2D eigenvalue weighted by molar-refractivity contribution is 6.20. The Labute approximate surface area is 134 Å². The van der Waals surface area contributed by atoms with Crippen molar-refractivity contribution in [3.8, 4) is 11.5 Å². The largest absolute Gasteiger partial charge is 0.658 e. The summed E-state index contributed by atoms with van der Waals surface area (Å²) in [6.45, 7) is 0. The highest BCUT2D eigenvalue weighted by Gasteiger charge is 2.04. The van der Waals surface area contributed by atoms with Crippen LogP contribution < -0.4 is 9.31 Å². The van der Waals surface area contributed by atoms with Gasteiger partial charge in [0.25, 0.3) is 0 Å². The van der Waals surface area contributed by atoms with E-state index in [9.17, 15) is 0 Å². The van der Waals surface area contributed by atoms with Gasteiger partial charge in [-0.2, -0.15) is 0 Å². The number of pyridine rings is 2. The van der Waals surface area contributed by atoms with Crippen molar-refractivity contribution in [1.82, 2.24) is 9.97 Å². The zero-order chi connectivity index (χ0) is 15.5. The van der Waals surface area contributed by atoms with Crippen LogP contribution in [0.5, 0.6) is 11.5 Å². The molecule has 0 spiro atoms. The summed E-state index contributed by atoms with van der Waals surface area (Å²) >= 11 is 0. The maximum atomic E-state index is 5.54. The van der Waals surface area contributed by atoms with E-state index in [1.165, 1.54) is 7.69 Å². The van der Waals surface area contributed by atoms with Gasteiger partial charge >= 0.3 is 7.69 Å². The van der Waals surface area contributed by atoms with Crippen LogP contribution in [0.1, 0.15) is 0 Å². The molecule has 109 valence electrons. The minimum Gasteiger partial charge on any atom is -0.526 e. The normalized spacial score (nSPS) is 10.6. The van der Waals surface area contributed by atoms with E-state index < -0.39 is 0 Å². The van der Waals surface area contributed by atoms with E-state index in [2.05, 4.69) is 9.97 Å². The van der Waals surface area contributed by atoms with Gasteiger partial charge < -0.3 is 9.31 Å². The van der Waals surface area contributed by atoms with E-state index in [0.717, 1.165) is 21.8 Å². The lowest BCUT2D eigenvalue weighted by Crippen LogP contribution is -2.10. The fraction of sp³-hybridized carbons (Fsp3) is 0. The number of benzene rings is 2. The summed E-state index contributed by atoms with van der Waals surface area (Å²) in [6.07, 6.45) is 3.54. The minimum absolute atomic E-state index is 0.702. The number of fused-ring (bicyclic) bond motifs is 2. The van der Waals surface area contributed by atoms with Crippen molar-refractivity contribution in [2.75, 3.05) is 0 Å². The highest BCUT2D eigenvalue weighted by Crippen LogP contribution is 2.20. The Morgan fingerprint density at radius 2 is 1.17 bits per heavy atom. The summed E-state index contributed by atoms with van der Waals surface area (Å²) in [5.41, 5.74) is 1.87. The molecule has 0 saturated heterocycles. The summed E-state index contributed by atoms with van der Waals surface area (Å²) in [5, 5.41) is 2.05. The number of nitrogens with zero attached hydrogens (tertiary/aromatic N) is 2. The fourth-order valence-corrected chi connectivity index (χ4v) is 2.39. The molecule has 2 heterocycles. The van der Waals surface area contributed by atoms with E-state index in [4.69, 9.17) is 9.31 Å². The number of aromatic nitrogens is 2. The summed E-state index contributed by atoms with van der Waals surface area (Å²) in [7, 11) is 1.33. The Morgan fingerprint density at radius 3 is 1.70 bits per heavy atom. The van der Waals surface area contributed by atoms with Gasteiger partial charge in [-0.15, -0.1) is 0 Å². The van der Waals surface area contributed by atoms with Gasteiger partial charge in [-0.25, -0.2) is 0 Å². The van der Waals surface area contributed by atoms with Crippen molar-refractivity contribution in [2.45, 2.75) is 0 Å². The van der Waals surface area contributed by atoms with Crippen LogP contribution in [0.4, 0.5) is 0 Å². The summed E-state index contributed by atoms with van der Waals surface area (Å²) in [6, 6.07) is 19.2. The molecule has 2 aromatic carbocycles. The summed E-state index contributed by atoms with van der Waals surface area (Å²) in [5.74, 6) is 1.40. The van der Waals surface area contributed by atoms with Gasteiger partial charge in [-0.05, 0) is 48.5 Å². The molecular weight excluding hydrogens is 287 g/mol. The highest BCUT2D eigenvalue weighted by atomic mass is 16.6. The van der Waals surface area contributed by atoms with Crippen LogP contribution in [0.15, 0.2) is 73.1 Å². The van der Waals surface area contributed by atoms with Crippen LogP contribution in [0.25, 0.3) is 21.8 Å². The Kier molecular flexibility index (Phi) is 3.52. The second kappa shape index (κ2) is 5.97. The molecule has 0 aliphatic carbocycles. The third-order valence-corrected chi connectivity index (χ3v) is 3.52. The standard InChI is InChI=1S/C18H12BN2O2/c1-3-13-11-15(5-7-17(13)20-9-1)22-19-23-16-6-8-18-14(12-16)4-2-10-21-18/h1-12H. The van der Waals surface area contributed by atoms with E-state index in [1.807, 2.05) is 60.7 Å². The molecule has 1 radical (unpaired) electrons. The molecule has 4 aromatic rings. The van der Waals surface area contributed by atoms with Crippen LogP contribution in [-0.4, -0.2) is 17.7 Å². The Hall–Kier alpha value is -3.08. The molecule has 0 saturated carbocycles. The van der Waals surface area contributed by atoms with Crippen LogP contribution in [0.2, 0.25) is 0 Å². The third-order valence-electron chi connectivity index (χ3n) is 3.52. The van der Waals surface area contributed by atoms with Gasteiger partial charge in [0.05, 0.1) is 11.0 Å². The average molecular weight is 299 g/mol. The molecule has 0 unspecified atom stereocenters. The molecule has 23 heavy (non-hydrogen) atoms. The molecule has 0 aliphatic heterocycles. The second-order valence-corrected chi connectivity index (χ2v) is 5.05. The van der Waals surface area contributed by atoms with E-state index in [-0.39, 0.29) is 0 Å². The van der Waals surface area contributed by atoms with Crippen LogP contribution in [0.3, 0.4) is 0 Å². The quantitative estimate of drug-likeness (QED) is 0.538. The molecule has 4 rings (SSSR count). The average Bonchev–Trinajstić information content (AvgIpc) is 2.61. The van der Waals surface area contributed by atoms with Crippen molar-refractivity contribution in [1.29, 1.82) is 0 Å². The maximum absolute atomic E-state index is 5.54. The maximum Gasteiger partial charge on any atom is 0.658 e. The molecular formula is C18H12BN2O2. The minimum atomic E-state index is 0.702. The first-order chi connectivity index (χ1) is 11.4. The molecule has 0 amide bonds. The zero-order valence-electron chi connectivity index (χ0n) is 12.2. The second-order valence-electron chi connectivity index (χ2n) is 5.05. The topological polar surface area (TPSA) is 44.2 Å². The van der Waals surface area contributed by atoms with Crippen molar-refractivity contribution in [3.63, 3.8) is 0 Å².